The van der Waals surface area contributed by atoms with Gasteiger partial charge in [0, 0.05) is 48.1 Å². The van der Waals surface area contributed by atoms with Crippen molar-refractivity contribution in [2.24, 2.45) is 0 Å². The minimum absolute atomic E-state index is 0.00480. The van der Waals surface area contributed by atoms with Crippen molar-refractivity contribution in [1.82, 2.24) is 25.2 Å². The van der Waals surface area contributed by atoms with Gasteiger partial charge in [-0.1, -0.05) is 57.0 Å². The number of rotatable bonds is 5. The summed E-state index contributed by atoms with van der Waals surface area (Å²) in [6.45, 7) is 9.09. The number of H-pyrrole nitrogens is 1. The van der Waals surface area contributed by atoms with Gasteiger partial charge in [0.2, 0.25) is 0 Å². The van der Waals surface area contributed by atoms with Crippen LogP contribution in [0.1, 0.15) is 61.2 Å². The number of hydrogen-bond acceptors (Lipinski definition) is 4. The molecule has 0 atom stereocenters. The van der Waals surface area contributed by atoms with Crippen LogP contribution in [0.4, 0.5) is 4.39 Å². The molecule has 5 rings (SSSR count). The van der Waals surface area contributed by atoms with Crippen molar-refractivity contribution in [3.63, 3.8) is 0 Å². The highest BCUT2D eigenvalue weighted by Gasteiger charge is 2.21. The first-order valence-electron chi connectivity index (χ1n) is 13.6. The van der Waals surface area contributed by atoms with Crippen molar-refractivity contribution in [3.8, 4) is 23.1 Å². The standard InChI is InChI=1S/C33H32FN5O2/c1-5-6-28(40)39-15-13-21(14-16-39)26-19-35-31-29(26)30(37-20-38-31)23-7-8-24(27(34)17-23)18-36-32(41)22-9-11-25(12-10-22)33(2,3)4/h7-13,17,19-20H,14-16,18H2,1-4H3,(H,36,41)(H,35,37,38). The molecule has 0 aliphatic carbocycles. The Hall–Kier alpha value is -4.77. The van der Waals surface area contributed by atoms with Gasteiger partial charge in [0.25, 0.3) is 11.8 Å². The number of carbonyl (C=O) groups excluding carboxylic acids is 2. The molecule has 0 bridgehead atoms. The molecule has 2 amide bonds. The SMILES string of the molecule is CC#CC(=O)N1CC=C(c2c[nH]c3ncnc(-c4ccc(CNC(=O)c5ccc(C(C)(C)C)cc5)c(F)c4)c23)CC1. The molecule has 208 valence electrons. The Morgan fingerprint density at radius 3 is 2.56 bits per heavy atom. The maximum Gasteiger partial charge on any atom is 0.298 e. The van der Waals surface area contributed by atoms with Crippen molar-refractivity contribution in [3.05, 3.63) is 89.1 Å². The second-order valence-corrected chi connectivity index (χ2v) is 11.1. The van der Waals surface area contributed by atoms with E-state index in [1.165, 1.54) is 12.4 Å². The molecular weight excluding hydrogens is 517 g/mol. The maximum atomic E-state index is 15.3. The Balaban J connectivity index is 1.35. The zero-order chi connectivity index (χ0) is 29.1. The Bertz CT molecular complexity index is 1720. The molecule has 0 saturated heterocycles. The van der Waals surface area contributed by atoms with Crippen LogP contribution in [-0.2, 0) is 16.8 Å². The number of aromatic nitrogens is 3. The molecular formula is C33H32FN5O2. The number of benzene rings is 2. The highest BCUT2D eigenvalue weighted by molar-refractivity contribution is 6.00. The van der Waals surface area contributed by atoms with Gasteiger partial charge in [-0.15, -0.1) is 0 Å². The summed E-state index contributed by atoms with van der Waals surface area (Å²) in [6, 6.07) is 12.4. The van der Waals surface area contributed by atoms with E-state index < -0.39 is 5.82 Å². The molecule has 2 N–H and O–H groups in total. The normalized spacial score (nSPS) is 13.4. The third kappa shape index (κ3) is 5.90. The quantitative estimate of drug-likeness (QED) is 0.316. The first-order valence-corrected chi connectivity index (χ1v) is 13.6. The molecule has 0 fully saturated rings. The van der Waals surface area contributed by atoms with Gasteiger partial charge in [-0.25, -0.2) is 14.4 Å². The zero-order valence-electron chi connectivity index (χ0n) is 23.6. The van der Waals surface area contributed by atoms with Crippen LogP contribution in [0.2, 0.25) is 0 Å². The predicted molar refractivity (Wildman–Crippen MR) is 158 cm³/mol. The summed E-state index contributed by atoms with van der Waals surface area (Å²) < 4.78 is 15.3. The molecule has 8 heteroatoms. The fourth-order valence-electron chi connectivity index (χ4n) is 4.96. The topological polar surface area (TPSA) is 91.0 Å². The Morgan fingerprint density at radius 2 is 1.90 bits per heavy atom. The molecule has 0 radical (unpaired) electrons. The minimum atomic E-state index is -0.433. The van der Waals surface area contributed by atoms with Gasteiger partial charge in [0.05, 0.1) is 11.1 Å². The molecule has 4 aromatic rings. The van der Waals surface area contributed by atoms with E-state index in [1.54, 1.807) is 36.1 Å². The predicted octanol–water partition coefficient (Wildman–Crippen LogP) is 5.63. The van der Waals surface area contributed by atoms with Gasteiger partial charge >= 0.3 is 0 Å². The molecule has 41 heavy (non-hydrogen) atoms. The molecule has 0 unspecified atom stereocenters. The number of halogens is 1. The lowest BCUT2D eigenvalue weighted by Crippen LogP contribution is -2.33. The molecule has 2 aromatic heterocycles. The van der Waals surface area contributed by atoms with Gasteiger partial charge in [-0.05, 0) is 54.0 Å². The summed E-state index contributed by atoms with van der Waals surface area (Å²) in [4.78, 5) is 38.6. The number of nitrogens with zero attached hydrogens (tertiary/aromatic N) is 3. The Kier molecular flexibility index (Phi) is 7.71. The summed E-state index contributed by atoms with van der Waals surface area (Å²) >= 11 is 0. The lowest BCUT2D eigenvalue weighted by molar-refractivity contribution is -0.124. The van der Waals surface area contributed by atoms with E-state index in [1.807, 2.05) is 24.4 Å². The van der Waals surface area contributed by atoms with Gasteiger partial charge in [-0.2, -0.15) is 0 Å². The molecule has 1 aliphatic rings. The zero-order valence-corrected chi connectivity index (χ0v) is 23.6. The van der Waals surface area contributed by atoms with Crippen LogP contribution in [0.15, 0.2) is 61.1 Å². The van der Waals surface area contributed by atoms with E-state index in [-0.39, 0.29) is 23.8 Å². The molecule has 0 saturated carbocycles. The Morgan fingerprint density at radius 1 is 1.12 bits per heavy atom. The first-order chi connectivity index (χ1) is 19.7. The molecule has 2 aromatic carbocycles. The van der Waals surface area contributed by atoms with E-state index >= 15 is 4.39 Å². The Labute approximate surface area is 238 Å². The third-order valence-corrected chi connectivity index (χ3v) is 7.32. The van der Waals surface area contributed by atoms with Gasteiger partial charge < -0.3 is 15.2 Å². The van der Waals surface area contributed by atoms with Crippen molar-refractivity contribution >= 4 is 28.4 Å². The largest absolute Gasteiger partial charge is 0.348 e. The van der Waals surface area contributed by atoms with Gasteiger partial charge in [0.15, 0.2) is 0 Å². The summed E-state index contributed by atoms with van der Waals surface area (Å²) in [6.07, 6.45) is 6.01. The number of nitrogens with one attached hydrogen (secondary N) is 2. The van der Waals surface area contributed by atoms with Crippen molar-refractivity contribution in [2.45, 2.75) is 46.1 Å². The highest BCUT2D eigenvalue weighted by atomic mass is 19.1. The average Bonchev–Trinajstić information content (AvgIpc) is 3.41. The second-order valence-electron chi connectivity index (χ2n) is 11.1. The fourth-order valence-corrected chi connectivity index (χ4v) is 4.96. The first kappa shape index (κ1) is 27.8. The number of amides is 2. The monoisotopic (exact) mass is 549 g/mol. The molecule has 7 nitrogen and oxygen atoms in total. The van der Waals surface area contributed by atoms with E-state index in [0.717, 1.165) is 22.1 Å². The maximum absolute atomic E-state index is 15.3. The van der Waals surface area contributed by atoms with Crippen LogP contribution in [-0.4, -0.2) is 44.8 Å². The van der Waals surface area contributed by atoms with Crippen molar-refractivity contribution in [1.29, 1.82) is 0 Å². The summed E-state index contributed by atoms with van der Waals surface area (Å²) in [5, 5.41) is 3.61. The minimum Gasteiger partial charge on any atom is -0.348 e. The molecule has 0 spiro atoms. The summed E-state index contributed by atoms with van der Waals surface area (Å²) in [5.41, 5.74) is 5.90. The van der Waals surface area contributed by atoms with E-state index in [4.69, 9.17) is 0 Å². The molecule has 3 heterocycles. The number of fused-ring (bicyclic) bond motifs is 1. The van der Waals surface area contributed by atoms with Crippen LogP contribution in [0.5, 0.6) is 0 Å². The van der Waals surface area contributed by atoms with Gasteiger partial charge in [0.1, 0.15) is 17.8 Å². The van der Waals surface area contributed by atoms with E-state index in [0.29, 0.717) is 47.5 Å². The highest BCUT2D eigenvalue weighted by Crippen LogP contribution is 2.34. The number of aromatic amines is 1. The van der Waals surface area contributed by atoms with Crippen molar-refractivity contribution in [2.75, 3.05) is 13.1 Å². The summed E-state index contributed by atoms with van der Waals surface area (Å²) in [5.74, 6) is 4.37. The average molecular weight is 550 g/mol. The molecule has 1 aliphatic heterocycles. The lowest BCUT2D eigenvalue weighted by Gasteiger charge is -2.24. The van der Waals surface area contributed by atoms with Crippen LogP contribution in [0, 0.1) is 17.7 Å². The third-order valence-electron chi connectivity index (χ3n) is 7.32. The van der Waals surface area contributed by atoms with Crippen LogP contribution >= 0.6 is 0 Å². The smallest absolute Gasteiger partial charge is 0.298 e. The second kappa shape index (κ2) is 11.4. The van der Waals surface area contributed by atoms with E-state index in [9.17, 15) is 9.59 Å². The summed E-state index contributed by atoms with van der Waals surface area (Å²) in [7, 11) is 0. The number of carbonyl (C=O) groups is 2. The fraction of sp³-hybridized carbons (Fsp3) is 0.273. The van der Waals surface area contributed by atoms with E-state index in [2.05, 4.69) is 52.9 Å². The number of hydrogen-bond donors (Lipinski definition) is 2. The lowest BCUT2D eigenvalue weighted by atomic mass is 9.87. The van der Waals surface area contributed by atoms with Crippen molar-refractivity contribution < 1.29 is 14.0 Å². The van der Waals surface area contributed by atoms with Crippen LogP contribution < -0.4 is 5.32 Å². The van der Waals surface area contributed by atoms with Crippen LogP contribution in [0.25, 0.3) is 27.9 Å². The van der Waals surface area contributed by atoms with Gasteiger partial charge in [-0.3, -0.25) is 9.59 Å². The van der Waals surface area contributed by atoms with Crippen LogP contribution in [0.3, 0.4) is 0 Å².